The summed E-state index contributed by atoms with van der Waals surface area (Å²) in [7, 11) is -2.43. The van der Waals surface area contributed by atoms with E-state index in [0.717, 1.165) is 0 Å². The highest BCUT2D eigenvalue weighted by Gasteiger charge is 2.35. The molecule has 0 spiro atoms. The number of aryl methyl sites for hydroxylation is 1. The Morgan fingerprint density at radius 2 is 2.07 bits per heavy atom. The fourth-order valence-corrected chi connectivity index (χ4v) is 5.55. The Balaban J connectivity index is 1.67. The quantitative estimate of drug-likeness (QED) is 0.484. The normalized spacial score (nSPS) is 14.4. The SMILES string of the molecule is Cn1c(=O)oc2ccc(S(=O)(=O)NC[C@@](O)(c3ccsc3)c3cccs3)cc21. The molecule has 0 aliphatic heterocycles. The molecule has 28 heavy (non-hydrogen) atoms. The molecular weight excluding hydrogens is 420 g/mol. The van der Waals surface area contributed by atoms with Crippen LogP contribution in [0.3, 0.4) is 0 Å². The molecule has 0 aliphatic carbocycles. The highest BCUT2D eigenvalue weighted by Crippen LogP contribution is 2.34. The number of benzene rings is 1. The molecule has 0 radical (unpaired) electrons. The Hall–Kier alpha value is -2.24. The molecule has 3 aromatic heterocycles. The minimum atomic E-state index is -3.93. The van der Waals surface area contributed by atoms with E-state index < -0.39 is 21.4 Å². The summed E-state index contributed by atoms with van der Waals surface area (Å²) in [5.41, 5.74) is -0.178. The maximum Gasteiger partial charge on any atom is 0.419 e. The number of oxazole rings is 1. The van der Waals surface area contributed by atoms with E-state index in [1.165, 1.54) is 52.5 Å². The summed E-state index contributed by atoms with van der Waals surface area (Å²) in [6, 6.07) is 9.52. The van der Waals surface area contributed by atoms with Gasteiger partial charge in [-0.05, 0) is 46.5 Å². The predicted molar refractivity (Wildman–Crippen MR) is 108 cm³/mol. The molecule has 0 unspecified atom stereocenters. The molecular formula is C18H16N2O5S3. The number of nitrogens with zero attached hydrogens (tertiary/aromatic N) is 1. The number of fused-ring (bicyclic) bond motifs is 1. The number of hydrogen-bond donors (Lipinski definition) is 2. The summed E-state index contributed by atoms with van der Waals surface area (Å²) in [4.78, 5) is 12.2. The number of hydrogen-bond acceptors (Lipinski definition) is 7. The molecule has 0 fully saturated rings. The van der Waals surface area contributed by atoms with Crippen LogP contribution in [0.1, 0.15) is 10.4 Å². The molecule has 0 saturated carbocycles. The van der Waals surface area contributed by atoms with Gasteiger partial charge in [-0.25, -0.2) is 17.9 Å². The van der Waals surface area contributed by atoms with Crippen LogP contribution in [0.4, 0.5) is 0 Å². The Bertz CT molecular complexity index is 1230. The van der Waals surface area contributed by atoms with Gasteiger partial charge < -0.3 is 9.52 Å². The molecule has 0 saturated heterocycles. The first-order valence-electron chi connectivity index (χ1n) is 8.19. The Labute approximate surface area is 168 Å². The van der Waals surface area contributed by atoms with Gasteiger partial charge in [0.25, 0.3) is 0 Å². The van der Waals surface area contributed by atoms with Crippen molar-refractivity contribution in [2.45, 2.75) is 10.5 Å². The second-order valence-corrected chi connectivity index (χ2v) is 9.73. The lowest BCUT2D eigenvalue weighted by molar-refractivity contribution is 0.0903. The van der Waals surface area contributed by atoms with Gasteiger partial charge in [-0.15, -0.1) is 11.3 Å². The van der Waals surface area contributed by atoms with Crippen molar-refractivity contribution in [1.82, 2.24) is 9.29 Å². The second-order valence-electron chi connectivity index (χ2n) is 6.23. The number of thiophene rings is 2. The predicted octanol–water partition coefficient (Wildman–Crippen LogP) is 2.47. The summed E-state index contributed by atoms with van der Waals surface area (Å²) in [5, 5.41) is 16.7. The van der Waals surface area contributed by atoms with E-state index in [4.69, 9.17) is 4.42 Å². The van der Waals surface area contributed by atoms with Crippen molar-refractivity contribution in [2.75, 3.05) is 6.54 Å². The summed E-state index contributed by atoms with van der Waals surface area (Å²) in [5.74, 6) is -0.568. The van der Waals surface area contributed by atoms with Gasteiger partial charge >= 0.3 is 5.76 Å². The van der Waals surface area contributed by atoms with Crippen LogP contribution in [0.15, 0.2) is 66.6 Å². The third-order valence-electron chi connectivity index (χ3n) is 4.52. The molecule has 3 heterocycles. The van der Waals surface area contributed by atoms with Crippen LogP contribution >= 0.6 is 22.7 Å². The van der Waals surface area contributed by atoms with Crippen LogP contribution in [-0.2, 0) is 22.7 Å². The van der Waals surface area contributed by atoms with E-state index >= 15 is 0 Å². The zero-order valence-corrected chi connectivity index (χ0v) is 17.1. The molecule has 1 aromatic carbocycles. The molecule has 4 rings (SSSR count). The van der Waals surface area contributed by atoms with E-state index in [-0.39, 0.29) is 11.4 Å². The smallest absolute Gasteiger partial charge is 0.408 e. The van der Waals surface area contributed by atoms with Crippen molar-refractivity contribution in [3.63, 3.8) is 0 Å². The van der Waals surface area contributed by atoms with Gasteiger partial charge in [-0.1, -0.05) is 6.07 Å². The first-order valence-corrected chi connectivity index (χ1v) is 11.5. The first kappa shape index (κ1) is 19.1. The highest BCUT2D eigenvalue weighted by atomic mass is 32.2. The minimum absolute atomic E-state index is 0.0183. The topological polar surface area (TPSA) is 102 Å². The molecule has 10 heteroatoms. The number of aliphatic hydroxyl groups is 1. The van der Waals surface area contributed by atoms with Crippen LogP contribution < -0.4 is 10.5 Å². The zero-order valence-electron chi connectivity index (χ0n) is 14.7. The molecule has 146 valence electrons. The molecule has 4 aromatic rings. The maximum atomic E-state index is 12.8. The van der Waals surface area contributed by atoms with E-state index in [2.05, 4.69) is 4.72 Å². The molecule has 0 amide bonds. The third kappa shape index (κ3) is 3.23. The minimum Gasteiger partial charge on any atom is -0.408 e. The van der Waals surface area contributed by atoms with Crippen molar-refractivity contribution < 1.29 is 17.9 Å². The molecule has 0 bridgehead atoms. The van der Waals surface area contributed by atoms with E-state index in [1.807, 2.05) is 10.8 Å². The van der Waals surface area contributed by atoms with Gasteiger partial charge in [-0.3, -0.25) is 4.57 Å². The van der Waals surface area contributed by atoms with Crippen LogP contribution in [-0.4, -0.2) is 24.6 Å². The maximum absolute atomic E-state index is 12.8. The van der Waals surface area contributed by atoms with Crippen LogP contribution in [0, 0.1) is 0 Å². The average Bonchev–Trinajstić information content (AvgIpc) is 3.43. The van der Waals surface area contributed by atoms with Crippen molar-refractivity contribution >= 4 is 43.8 Å². The molecule has 1 atom stereocenters. The van der Waals surface area contributed by atoms with Crippen molar-refractivity contribution in [1.29, 1.82) is 0 Å². The Morgan fingerprint density at radius 3 is 2.75 bits per heavy atom. The molecule has 0 aliphatic rings. The van der Waals surface area contributed by atoms with E-state index in [9.17, 15) is 18.3 Å². The lowest BCUT2D eigenvalue weighted by Crippen LogP contribution is -2.40. The summed E-state index contributed by atoms with van der Waals surface area (Å²) < 4.78 is 34.5. The number of sulfonamides is 1. The van der Waals surface area contributed by atoms with Crippen LogP contribution in [0.5, 0.6) is 0 Å². The Kier molecular flexibility index (Phi) is 4.76. The second kappa shape index (κ2) is 6.98. The van der Waals surface area contributed by atoms with Gasteiger partial charge in [0.15, 0.2) is 5.58 Å². The van der Waals surface area contributed by atoms with Crippen molar-refractivity contribution in [3.8, 4) is 0 Å². The van der Waals surface area contributed by atoms with E-state index in [0.29, 0.717) is 21.5 Å². The standard InChI is InChI=1S/C18H16N2O5S3/c1-20-14-9-13(4-5-15(14)25-17(20)21)28(23,24)19-11-18(22,12-6-8-26-10-12)16-3-2-7-27-16/h2-10,19,22H,11H2,1H3/t18-/m1/s1. The third-order valence-corrected chi connectivity index (χ3v) is 7.62. The Morgan fingerprint density at radius 1 is 1.25 bits per heavy atom. The lowest BCUT2D eigenvalue weighted by atomic mass is 9.95. The van der Waals surface area contributed by atoms with Crippen molar-refractivity contribution in [3.05, 3.63) is 73.5 Å². The van der Waals surface area contributed by atoms with Gasteiger partial charge in [0, 0.05) is 24.0 Å². The van der Waals surface area contributed by atoms with Crippen LogP contribution in [0.2, 0.25) is 0 Å². The summed E-state index contributed by atoms with van der Waals surface area (Å²) in [6.07, 6.45) is 0. The lowest BCUT2D eigenvalue weighted by Gasteiger charge is -2.26. The highest BCUT2D eigenvalue weighted by molar-refractivity contribution is 7.89. The first-order chi connectivity index (χ1) is 13.3. The van der Waals surface area contributed by atoms with Gasteiger partial charge in [0.2, 0.25) is 10.0 Å². The average molecular weight is 437 g/mol. The fraction of sp³-hybridized carbons (Fsp3) is 0.167. The van der Waals surface area contributed by atoms with Crippen LogP contribution in [0.25, 0.3) is 11.1 Å². The number of aromatic nitrogens is 1. The van der Waals surface area contributed by atoms with Gasteiger partial charge in [0.1, 0.15) is 5.60 Å². The largest absolute Gasteiger partial charge is 0.419 e. The molecule has 2 N–H and O–H groups in total. The fourth-order valence-electron chi connectivity index (χ4n) is 2.90. The van der Waals surface area contributed by atoms with E-state index in [1.54, 1.807) is 23.6 Å². The molecule has 7 nitrogen and oxygen atoms in total. The van der Waals surface area contributed by atoms with Crippen molar-refractivity contribution in [2.24, 2.45) is 7.05 Å². The number of rotatable bonds is 6. The zero-order chi connectivity index (χ0) is 19.9. The van der Waals surface area contributed by atoms with Gasteiger partial charge in [-0.2, -0.15) is 11.3 Å². The monoisotopic (exact) mass is 436 g/mol. The summed E-state index contributed by atoms with van der Waals surface area (Å²) in [6.45, 7) is -0.227. The summed E-state index contributed by atoms with van der Waals surface area (Å²) >= 11 is 2.77. The number of nitrogens with one attached hydrogen (secondary N) is 1. The van der Waals surface area contributed by atoms with Gasteiger partial charge in [0.05, 0.1) is 10.4 Å².